The van der Waals surface area contributed by atoms with Crippen molar-refractivity contribution >= 4 is 35.2 Å². The average Bonchev–Trinajstić information content (AvgIpc) is 3.49. The lowest BCUT2D eigenvalue weighted by molar-refractivity contribution is 0.0910. The second-order valence-corrected chi connectivity index (χ2v) is 9.44. The molecule has 0 aliphatic carbocycles. The number of halogens is 2. The number of aliphatic imine (C=N–C) groups is 2. The van der Waals surface area contributed by atoms with Gasteiger partial charge in [-0.2, -0.15) is 0 Å². The lowest BCUT2D eigenvalue weighted by Crippen LogP contribution is -2.11. The maximum absolute atomic E-state index is 5.87. The first-order valence-electron chi connectivity index (χ1n) is 11.9. The van der Waals surface area contributed by atoms with Crippen LogP contribution in [0.3, 0.4) is 0 Å². The molecule has 4 atom stereocenters. The molecule has 36 heavy (non-hydrogen) atoms. The van der Waals surface area contributed by atoms with Gasteiger partial charge in [0.05, 0.1) is 24.3 Å². The van der Waals surface area contributed by atoms with Gasteiger partial charge in [-0.15, -0.1) is 0 Å². The number of nitrogens with zero attached hydrogens (tertiary/aromatic N) is 2. The zero-order valence-corrected chi connectivity index (χ0v) is 22.1. The molecular formula is C26H34Cl2N4O4. The van der Waals surface area contributed by atoms with Gasteiger partial charge in [0, 0.05) is 24.3 Å². The van der Waals surface area contributed by atoms with Crippen LogP contribution in [0.1, 0.15) is 49.0 Å². The summed E-state index contributed by atoms with van der Waals surface area (Å²) in [5, 5.41) is 1.46. The van der Waals surface area contributed by atoms with Gasteiger partial charge in [-0.25, -0.2) is 9.98 Å². The number of methoxy groups -OCH3 is 2. The summed E-state index contributed by atoms with van der Waals surface area (Å²) in [4.78, 5) is 8.40. The van der Waals surface area contributed by atoms with Crippen molar-refractivity contribution in [3.63, 3.8) is 0 Å². The number of rotatable bonds is 10. The van der Waals surface area contributed by atoms with Gasteiger partial charge < -0.3 is 30.4 Å². The number of ether oxygens (including phenoxy) is 4. The van der Waals surface area contributed by atoms with E-state index in [0.29, 0.717) is 25.3 Å². The largest absolute Gasteiger partial charge is 0.463 e. The molecule has 0 fully saturated rings. The van der Waals surface area contributed by atoms with Crippen LogP contribution in [0.2, 0.25) is 10.0 Å². The van der Waals surface area contributed by atoms with E-state index in [4.69, 9.17) is 53.6 Å². The predicted octanol–water partition coefficient (Wildman–Crippen LogP) is 5.04. The summed E-state index contributed by atoms with van der Waals surface area (Å²) in [5.41, 5.74) is 13.2. The van der Waals surface area contributed by atoms with E-state index in [1.165, 1.54) is 0 Å². The van der Waals surface area contributed by atoms with Gasteiger partial charge in [0.2, 0.25) is 0 Å². The topological polar surface area (TPSA) is 114 Å². The molecule has 2 aromatic carbocycles. The third-order valence-corrected chi connectivity index (χ3v) is 6.55. The summed E-state index contributed by atoms with van der Waals surface area (Å²) in [7, 11) is 3.42. The van der Waals surface area contributed by atoms with Crippen LogP contribution < -0.4 is 11.5 Å². The molecule has 0 saturated carbocycles. The van der Waals surface area contributed by atoms with Crippen molar-refractivity contribution in [2.75, 3.05) is 27.4 Å². The highest BCUT2D eigenvalue weighted by molar-refractivity contribution is 6.30. The van der Waals surface area contributed by atoms with Crippen molar-refractivity contribution in [3.8, 4) is 0 Å². The number of hydrogen-bond acceptors (Lipinski definition) is 8. The molecule has 0 amide bonds. The van der Waals surface area contributed by atoms with E-state index in [2.05, 4.69) is 9.98 Å². The highest BCUT2D eigenvalue weighted by Gasteiger charge is 2.20. The molecule has 0 unspecified atom stereocenters. The maximum Gasteiger partial charge on any atom is 0.282 e. The molecule has 0 radical (unpaired) electrons. The Labute approximate surface area is 222 Å². The summed E-state index contributed by atoms with van der Waals surface area (Å²) in [5.74, 6) is 0. The van der Waals surface area contributed by atoms with Crippen molar-refractivity contribution < 1.29 is 18.9 Å². The van der Waals surface area contributed by atoms with Gasteiger partial charge in [0.1, 0.15) is 13.2 Å². The minimum atomic E-state index is 0.0549. The quantitative estimate of drug-likeness (QED) is 0.439. The summed E-state index contributed by atoms with van der Waals surface area (Å²) in [6.45, 7) is 1.14. The van der Waals surface area contributed by atoms with Crippen LogP contribution in [0.4, 0.5) is 0 Å². The van der Waals surface area contributed by atoms with E-state index in [9.17, 15) is 0 Å². The standard InChI is InChI=1S/2C13H17ClN2O2/c2*1-17-12(9-2-4-10(14)5-3-9)7-6-11-8-18-13(15)16-11/h2*2-5,11-12H,6-8H2,1H3,(H2,15,16)/t11-,12+;11-,12-/m00/s1. The molecule has 2 heterocycles. The molecule has 2 aliphatic heterocycles. The SMILES string of the molecule is CO[C@@H](CC[C@H]1COC(N)=N1)c1ccc(Cl)cc1.CO[C@H](CC[C@H]1COC(N)=N1)c1ccc(Cl)cc1. The number of hydrogen-bond donors (Lipinski definition) is 2. The molecule has 196 valence electrons. The van der Waals surface area contributed by atoms with Crippen LogP contribution in [0.15, 0.2) is 58.5 Å². The van der Waals surface area contributed by atoms with Gasteiger partial charge in [-0.05, 0) is 61.1 Å². The first kappa shape index (κ1) is 28.1. The summed E-state index contributed by atoms with van der Waals surface area (Å²) in [6.07, 6.45) is 3.65. The van der Waals surface area contributed by atoms with E-state index in [0.717, 1.165) is 46.9 Å². The van der Waals surface area contributed by atoms with E-state index >= 15 is 0 Å². The molecule has 2 aromatic rings. The van der Waals surface area contributed by atoms with Crippen LogP contribution in [0.5, 0.6) is 0 Å². The molecule has 4 N–H and O–H groups in total. The Morgan fingerprint density at radius 2 is 1.11 bits per heavy atom. The van der Waals surface area contributed by atoms with E-state index in [-0.39, 0.29) is 24.3 Å². The second kappa shape index (κ2) is 14.3. The summed E-state index contributed by atoms with van der Waals surface area (Å²) >= 11 is 11.7. The van der Waals surface area contributed by atoms with Crippen molar-refractivity contribution in [1.82, 2.24) is 0 Å². The molecule has 0 saturated heterocycles. The normalized spacial score (nSPS) is 20.3. The van der Waals surface area contributed by atoms with Crippen LogP contribution in [-0.2, 0) is 18.9 Å². The van der Waals surface area contributed by atoms with Crippen molar-refractivity contribution in [2.24, 2.45) is 21.5 Å². The van der Waals surface area contributed by atoms with Gasteiger partial charge >= 0.3 is 0 Å². The Kier molecular flexibility index (Phi) is 11.1. The molecule has 0 bridgehead atoms. The fraction of sp³-hybridized carbons (Fsp3) is 0.462. The Morgan fingerprint density at radius 1 is 0.750 bits per heavy atom. The molecular weight excluding hydrogens is 503 g/mol. The Bertz CT molecular complexity index is 921. The molecule has 0 spiro atoms. The molecule has 2 aliphatic rings. The zero-order valence-electron chi connectivity index (χ0n) is 20.6. The zero-order chi connectivity index (χ0) is 25.9. The first-order chi connectivity index (χ1) is 17.4. The van der Waals surface area contributed by atoms with E-state index in [1.807, 2.05) is 48.5 Å². The Morgan fingerprint density at radius 3 is 1.39 bits per heavy atom. The van der Waals surface area contributed by atoms with Crippen molar-refractivity contribution in [1.29, 1.82) is 0 Å². The monoisotopic (exact) mass is 536 g/mol. The fourth-order valence-corrected chi connectivity index (χ4v) is 4.30. The third kappa shape index (κ3) is 8.85. The Hall–Kier alpha value is -2.52. The van der Waals surface area contributed by atoms with E-state index < -0.39 is 0 Å². The van der Waals surface area contributed by atoms with Gasteiger partial charge in [-0.3, -0.25) is 0 Å². The average molecular weight is 537 g/mol. The van der Waals surface area contributed by atoms with E-state index in [1.54, 1.807) is 14.2 Å². The van der Waals surface area contributed by atoms with Crippen molar-refractivity contribution in [3.05, 3.63) is 69.7 Å². The van der Waals surface area contributed by atoms with Gasteiger partial charge in [0.15, 0.2) is 0 Å². The minimum Gasteiger partial charge on any atom is -0.463 e. The minimum absolute atomic E-state index is 0.0549. The lowest BCUT2D eigenvalue weighted by atomic mass is 10.0. The lowest BCUT2D eigenvalue weighted by Gasteiger charge is -2.16. The fourth-order valence-electron chi connectivity index (χ4n) is 4.05. The highest BCUT2D eigenvalue weighted by atomic mass is 35.5. The first-order valence-corrected chi connectivity index (χ1v) is 12.6. The maximum atomic E-state index is 5.87. The second-order valence-electron chi connectivity index (χ2n) is 8.57. The highest BCUT2D eigenvalue weighted by Crippen LogP contribution is 2.26. The molecule has 8 nitrogen and oxygen atoms in total. The number of benzene rings is 2. The summed E-state index contributed by atoms with van der Waals surface area (Å²) < 4.78 is 21.2. The van der Waals surface area contributed by atoms with Crippen molar-refractivity contribution in [2.45, 2.75) is 50.0 Å². The summed E-state index contributed by atoms with van der Waals surface area (Å²) in [6, 6.07) is 16.3. The molecule has 0 aromatic heterocycles. The molecule has 4 rings (SSSR count). The number of amidine groups is 2. The molecule has 10 heteroatoms. The van der Waals surface area contributed by atoms with Gasteiger partial charge in [-0.1, -0.05) is 47.5 Å². The van der Waals surface area contributed by atoms with Crippen LogP contribution in [0.25, 0.3) is 0 Å². The van der Waals surface area contributed by atoms with Crippen LogP contribution in [-0.4, -0.2) is 51.6 Å². The van der Waals surface area contributed by atoms with Gasteiger partial charge in [0.25, 0.3) is 12.0 Å². The Balaban J connectivity index is 0.000000201. The third-order valence-electron chi connectivity index (χ3n) is 6.04. The van der Waals surface area contributed by atoms with Crippen LogP contribution >= 0.6 is 23.2 Å². The smallest absolute Gasteiger partial charge is 0.282 e. The number of nitrogens with two attached hydrogens (primary N) is 2. The predicted molar refractivity (Wildman–Crippen MR) is 144 cm³/mol. The van der Waals surface area contributed by atoms with Crippen LogP contribution in [0, 0.1) is 0 Å².